The molecule has 116 valence electrons. The van der Waals surface area contributed by atoms with Gasteiger partial charge in [-0.2, -0.15) is 13.2 Å². The Morgan fingerprint density at radius 3 is 2.52 bits per heavy atom. The van der Waals surface area contributed by atoms with Gasteiger partial charge >= 0.3 is 6.18 Å². The molecule has 0 aliphatic carbocycles. The number of likely N-dealkylation sites (tertiary alicyclic amines) is 1. The highest BCUT2D eigenvalue weighted by molar-refractivity contribution is 5.94. The molecule has 0 saturated carbocycles. The number of furan rings is 1. The summed E-state index contributed by atoms with van der Waals surface area (Å²) in [6.45, 7) is -0.637. The van der Waals surface area contributed by atoms with Gasteiger partial charge in [-0.15, -0.1) is 0 Å². The lowest BCUT2D eigenvalue weighted by atomic mass is 9.95. The Bertz CT molecular complexity index is 491. The zero-order chi connectivity index (χ0) is 15.5. The molecule has 5 nitrogen and oxygen atoms in total. The second-order valence-electron chi connectivity index (χ2n) is 4.91. The number of hydrogen-bond donors (Lipinski definition) is 1. The number of carbonyl (C=O) groups excluding carboxylic acids is 2. The van der Waals surface area contributed by atoms with E-state index < -0.39 is 24.5 Å². The second-order valence-corrected chi connectivity index (χ2v) is 4.91. The standard InChI is InChI=1S/C13H15F3N2O3/c14-13(15,16)8-17-11(19)9-1-4-18(5-2-9)12(20)10-3-6-21-7-10/h3,6-7,9H,1-2,4-5,8H2,(H,17,19). The van der Waals surface area contributed by atoms with Crippen molar-refractivity contribution in [3.8, 4) is 0 Å². The molecule has 1 aromatic rings. The molecule has 1 fully saturated rings. The number of rotatable bonds is 3. The normalized spacial score (nSPS) is 16.8. The fourth-order valence-corrected chi connectivity index (χ4v) is 2.25. The van der Waals surface area contributed by atoms with Gasteiger partial charge in [-0.3, -0.25) is 9.59 Å². The summed E-state index contributed by atoms with van der Waals surface area (Å²) in [6.07, 6.45) is -0.969. The minimum atomic E-state index is -4.41. The average Bonchev–Trinajstić information content (AvgIpc) is 2.97. The molecular formula is C13H15F3N2O3. The van der Waals surface area contributed by atoms with E-state index in [0.717, 1.165) is 0 Å². The number of amides is 2. The summed E-state index contributed by atoms with van der Waals surface area (Å²) in [4.78, 5) is 25.2. The van der Waals surface area contributed by atoms with Gasteiger partial charge in [0.1, 0.15) is 12.8 Å². The van der Waals surface area contributed by atoms with Crippen molar-refractivity contribution in [3.63, 3.8) is 0 Å². The molecule has 1 aliphatic rings. The molecule has 0 radical (unpaired) electrons. The minimum absolute atomic E-state index is 0.196. The van der Waals surface area contributed by atoms with Crippen molar-refractivity contribution < 1.29 is 27.2 Å². The fraction of sp³-hybridized carbons (Fsp3) is 0.538. The van der Waals surface area contributed by atoms with Crippen LogP contribution in [0, 0.1) is 5.92 Å². The Hall–Kier alpha value is -1.99. The number of piperidine rings is 1. The van der Waals surface area contributed by atoms with Crippen LogP contribution >= 0.6 is 0 Å². The molecule has 21 heavy (non-hydrogen) atoms. The van der Waals surface area contributed by atoms with Crippen LogP contribution in [0.25, 0.3) is 0 Å². The van der Waals surface area contributed by atoms with Crippen LogP contribution in [0.3, 0.4) is 0 Å². The van der Waals surface area contributed by atoms with Gasteiger partial charge in [-0.05, 0) is 18.9 Å². The summed E-state index contributed by atoms with van der Waals surface area (Å²) < 4.78 is 40.9. The predicted molar refractivity (Wildman–Crippen MR) is 66.4 cm³/mol. The number of hydrogen-bond acceptors (Lipinski definition) is 3. The first-order valence-corrected chi connectivity index (χ1v) is 6.53. The van der Waals surface area contributed by atoms with Crippen LogP contribution in [0.4, 0.5) is 13.2 Å². The van der Waals surface area contributed by atoms with E-state index in [1.807, 2.05) is 5.32 Å². The zero-order valence-electron chi connectivity index (χ0n) is 11.2. The van der Waals surface area contributed by atoms with Crippen molar-refractivity contribution in [2.45, 2.75) is 19.0 Å². The number of nitrogens with one attached hydrogen (secondary N) is 1. The SMILES string of the molecule is O=C(NCC(F)(F)F)C1CCN(C(=O)c2ccoc2)CC1. The second kappa shape index (κ2) is 6.19. The molecule has 2 amide bonds. The van der Waals surface area contributed by atoms with E-state index in [2.05, 4.69) is 0 Å². The maximum Gasteiger partial charge on any atom is 0.405 e. The molecule has 1 aromatic heterocycles. The Kier molecular flexibility index (Phi) is 4.54. The van der Waals surface area contributed by atoms with Crippen LogP contribution in [-0.2, 0) is 4.79 Å². The molecule has 0 bridgehead atoms. The van der Waals surface area contributed by atoms with Gasteiger partial charge in [-0.25, -0.2) is 0 Å². The highest BCUT2D eigenvalue weighted by Gasteiger charge is 2.32. The van der Waals surface area contributed by atoms with Gasteiger partial charge in [0, 0.05) is 19.0 Å². The number of alkyl halides is 3. The Morgan fingerprint density at radius 1 is 1.33 bits per heavy atom. The molecule has 0 spiro atoms. The Balaban J connectivity index is 1.80. The predicted octanol–water partition coefficient (Wildman–Crippen LogP) is 1.81. The molecule has 8 heteroatoms. The first kappa shape index (κ1) is 15.4. The van der Waals surface area contributed by atoms with Crippen LogP contribution in [-0.4, -0.2) is 42.5 Å². The molecule has 2 heterocycles. The third-order valence-corrected chi connectivity index (χ3v) is 3.38. The Labute approximate surface area is 119 Å². The highest BCUT2D eigenvalue weighted by Crippen LogP contribution is 2.20. The van der Waals surface area contributed by atoms with Crippen LogP contribution in [0.5, 0.6) is 0 Å². The number of carbonyl (C=O) groups is 2. The lowest BCUT2D eigenvalue weighted by Gasteiger charge is -2.31. The quantitative estimate of drug-likeness (QED) is 0.926. The molecule has 1 N–H and O–H groups in total. The molecule has 0 aromatic carbocycles. The van der Waals surface area contributed by atoms with Crippen molar-refractivity contribution >= 4 is 11.8 Å². The van der Waals surface area contributed by atoms with E-state index in [4.69, 9.17) is 4.42 Å². The van der Waals surface area contributed by atoms with E-state index in [1.54, 1.807) is 11.0 Å². The maximum absolute atomic E-state index is 12.0. The Morgan fingerprint density at radius 2 is 2.00 bits per heavy atom. The van der Waals surface area contributed by atoms with E-state index in [-0.39, 0.29) is 5.91 Å². The fourth-order valence-electron chi connectivity index (χ4n) is 2.25. The topological polar surface area (TPSA) is 62.6 Å². The van der Waals surface area contributed by atoms with Gasteiger partial charge < -0.3 is 14.6 Å². The van der Waals surface area contributed by atoms with Crippen molar-refractivity contribution in [2.24, 2.45) is 5.92 Å². The summed E-state index contributed by atoms with van der Waals surface area (Å²) in [5, 5.41) is 1.88. The molecule has 1 saturated heterocycles. The van der Waals surface area contributed by atoms with Crippen molar-refractivity contribution in [3.05, 3.63) is 24.2 Å². The van der Waals surface area contributed by atoms with E-state index in [9.17, 15) is 22.8 Å². The maximum atomic E-state index is 12.0. The largest absolute Gasteiger partial charge is 0.472 e. The third-order valence-electron chi connectivity index (χ3n) is 3.38. The lowest BCUT2D eigenvalue weighted by molar-refractivity contribution is -0.141. The molecule has 0 unspecified atom stereocenters. The summed E-state index contributed by atoms with van der Waals surface area (Å²) in [7, 11) is 0. The monoisotopic (exact) mass is 304 g/mol. The van der Waals surface area contributed by atoms with Crippen LogP contribution < -0.4 is 5.32 Å². The summed E-state index contributed by atoms with van der Waals surface area (Å²) in [6, 6.07) is 1.55. The molecule has 2 rings (SSSR count). The van der Waals surface area contributed by atoms with Crippen LogP contribution in [0.1, 0.15) is 23.2 Å². The smallest absolute Gasteiger partial charge is 0.405 e. The van der Waals surface area contributed by atoms with Crippen LogP contribution in [0.15, 0.2) is 23.0 Å². The van der Waals surface area contributed by atoms with E-state index in [0.29, 0.717) is 31.5 Å². The van der Waals surface area contributed by atoms with Crippen molar-refractivity contribution in [1.82, 2.24) is 10.2 Å². The van der Waals surface area contributed by atoms with Crippen molar-refractivity contribution in [2.75, 3.05) is 19.6 Å². The first-order chi connectivity index (χ1) is 9.87. The van der Waals surface area contributed by atoms with Gasteiger partial charge in [0.25, 0.3) is 5.91 Å². The van der Waals surface area contributed by atoms with E-state index >= 15 is 0 Å². The van der Waals surface area contributed by atoms with Gasteiger partial charge in [0.2, 0.25) is 5.91 Å². The minimum Gasteiger partial charge on any atom is -0.472 e. The third kappa shape index (κ3) is 4.24. The zero-order valence-corrected chi connectivity index (χ0v) is 11.2. The van der Waals surface area contributed by atoms with Gasteiger partial charge in [0.05, 0.1) is 11.8 Å². The molecule has 0 atom stereocenters. The molecule has 1 aliphatic heterocycles. The number of halogens is 3. The molecular weight excluding hydrogens is 289 g/mol. The number of nitrogens with zero attached hydrogens (tertiary/aromatic N) is 1. The summed E-state index contributed by atoms with van der Waals surface area (Å²) in [5.41, 5.74) is 0.426. The lowest BCUT2D eigenvalue weighted by Crippen LogP contribution is -2.44. The van der Waals surface area contributed by atoms with Gasteiger partial charge in [-0.1, -0.05) is 0 Å². The summed E-state index contributed by atoms with van der Waals surface area (Å²) >= 11 is 0. The van der Waals surface area contributed by atoms with Crippen molar-refractivity contribution in [1.29, 1.82) is 0 Å². The average molecular weight is 304 g/mol. The van der Waals surface area contributed by atoms with E-state index in [1.165, 1.54) is 12.5 Å². The first-order valence-electron chi connectivity index (χ1n) is 6.53. The van der Waals surface area contributed by atoms with Gasteiger partial charge in [0.15, 0.2) is 0 Å². The van der Waals surface area contributed by atoms with Crippen LogP contribution in [0.2, 0.25) is 0 Å². The summed E-state index contributed by atoms with van der Waals surface area (Å²) in [5.74, 6) is -1.29. The highest BCUT2D eigenvalue weighted by atomic mass is 19.4.